The van der Waals surface area contributed by atoms with Crippen LogP contribution < -0.4 is 10.5 Å². The predicted molar refractivity (Wildman–Crippen MR) is 103 cm³/mol. The first kappa shape index (κ1) is 15.2. The van der Waals surface area contributed by atoms with E-state index in [1.807, 2.05) is 0 Å². The van der Waals surface area contributed by atoms with Crippen molar-refractivity contribution in [1.82, 2.24) is 9.97 Å². The normalized spacial score (nSPS) is 11.5. The number of thiophene rings is 1. The molecule has 0 amide bonds. The van der Waals surface area contributed by atoms with Crippen molar-refractivity contribution in [2.75, 3.05) is 4.90 Å². The molecule has 0 unspecified atom stereocenters. The summed E-state index contributed by atoms with van der Waals surface area (Å²) in [4.78, 5) is 23.8. The molecule has 0 N–H and O–H groups in total. The molecule has 0 atom stereocenters. The van der Waals surface area contributed by atoms with Crippen LogP contribution in [0.15, 0.2) is 52.8 Å². The maximum Gasteiger partial charge on any atom is 0.282 e. The van der Waals surface area contributed by atoms with Crippen molar-refractivity contribution in [2.45, 2.75) is 19.9 Å². The first-order chi connectivity index (χ1) is 11.6. The van der Waals surface area contributed by atoms with Crippen LogP contribution in [0.5, 0.6) is 0 Å². The van der Waals surface area contributed by atoms with Gasteiger partial charge in [0.05, 0.1) is 5.39 Å². The molecular weight excluding hydrogens is 338 g/mol. The highest BCUT2D eigenvalue weighted by atomic mass is 32.1. The van der Waals surface area contributed by atoms with Crippen LogP contribution in [-0.2, 0) is 0 Å². The van der Waals surface area contributed by atoms with Crippen LogP contribution >= 0.6 is 22.7 Å². The summed E-state index contributed by atoms with van der Waals surface area (Å²) in [6, 6.07) is 12.2. The summed E-state index contributed by atoms with van der Waals surface area (Å²) in [6.07, 6.45) is 1.71. The number of aromatic nitrogens is 2. The predicted octanol–water partition coefficient (Wildman–Crippen LogP) is 4.81. The Morgan fingerprint density at radius 1 is 1.17 bits per heavy atom. The summed E-state index contributed by atoms with van der Waals surface area (Å²) in [5, 5.41) is 4.54. The van der Waals surface area contributed by atoms with Crippen LogP contribution in [0, 0.1) is 0 Å². The summed E-state index contributed by atoms with van der Waals surface area (Å²) in [7, 11) is 0. The average molecular weight is 353 g/mol. The largest absolute Gasteiger partial charge is 0.315 e. The number of hydrogen-bond acceptors (Lipinski definition) is 6. The second-order valence-electron chi connectivity index (χ2n) is 5.76. The highest BCUT2D eigenvalue weighted by molar-refractivity contribution is 7.21. The van der Waals surface area contributed by atoms with E-state index in [0.717, 1.165) is 10.5 Å². The maximum atomic E-state index is 12.4. The number of pyridine rings is 1. The van der Waals surface area contributed by atoms with Gasteiger partial charge < -0.3 is 4.90 Å². The van der Waals surface area contributed by atoms with E-state index < -0.39 is 0 Å². The molecule has 0 spiro atoms. The Balaban J connectivity index is 1.90. The van der Waals surface area contributed by atoms with Crippen molar-refractivity contribution in [3.05, 3.63) is 58.3 Å². The van der Waals surface area contributed by atoms with E-state index in [1.165, 1.54) is 21.4 Å². The van der Waals surface area contributed by atoms with Gasteiger partial charge in [0.1, 0.15) is 4.83 Å². The van der Waals surface area contributed by atoms with Gasteiger partial charge in [0.15, 0.2) is 5.13 Å². The van der Waals surface area contributed by atoms with Crippen molar-refractivity contribution in [3.63, 3.8) is 0 Å². The Bertz CT molecular complexity index is 1080. The molecule has 4 rings (SSSR count). The zero-order chi connectivity index (χ0) is 16.7. The SMILES string of the molecule is CC(C)N(c1ccc2sccc2c1)c1nc(=O)c2cccnc2s1. The third-order valence-electron chi connectivity index (χ3n) is 3.82. The summed E-state index contributed by atoms with van der Waals surface area (Å²) in [5.41, 5.74) is 0.809. The van der Waals surface area contributed by atoms with Crippen molar-refractivity contribution < 1.29 is 0 Å². The summed E-state index contributed by atoms with van der Waals surface area (Å²) >= 11 is 3.17. The van der Waals surface area contributed by atoms with Gasteiger partial charge in [0.25, 0.3) is 5.56 Å². The summed E-state index contributed by atoms with van der Waals surface area (Å²) in [6.45, 7) is 4.19. The van der Waals surface area contributed by atoms with Crippen molar-refractivity contribution in [1.29, 1.82) is 0 Å². The highest BCUT2D eigenvalue weighted by Gasteiger charge is 2.18. The maximum absolute atomic E-state index is 12.4. The third-order valence-corrected chi connectivity index (χ3v) is 5.71. The van der Waals surface area contributed by atoms with Crippen LogP contribution in [0.4, 0.5) is 10.8 Å². The van der Waals surface area contributed by atoms with Gasteiger partial charge in [-0.25, -0.2) is 4.98 Å². The Kier molecular flexibility index (Phi) is 3.78. The number of hydrogen-bond donors (Lipinski definition) is 0. The standard InChI is InChI=1S/C18H15N3OS2/c1-11(2)21(13-5-6-15-12(10-13)7-9-23-15)18-20-16(22)14-4-3-8-19-17(14)24-18/h3-11H,1-2H3. The fraction of sp³-hybridized carbons (Fsp3) is 0.167. The molecule has 0 fully saturated rings. The van der Waals surface area contributed by atoms with E-state index in [9.17, 15) is 4.79 Å². The van der Waals surface area contributed by atoms with Gasteiger partial charge in [-0.2, -0.15) is 4.98 Å². The minimum atomic E-state index is -0.228. The van der Waals surface area contributed by atoms with Gasteiger partial charge in [-0.1, -0.05) is 11.3 Å². The quantitative estimate of drug-likeness (QED) is 0.530. The van der Waals surface area contributed by atoms with Crippen LogP contribution in [0.1, 0.15) is 13.8 Å². The van der Waals surface area contributed by atoms with Crippen LogP contribution in [0.25, 0.3) is 20.3 Å². The molecule has 0 aliphatic carbocycles. The topological polar surface area (TPSA) is 46.1 Å². The van der Waals surface area contributed by atoms with Gasteiger partial charge in [-0.15, -0.1) is 11.3 Å². The van der Waals surface area contributed by atoms with Gasteiger partial charge in [-0.3, -0.25) is 4.79 Å². The van der Waals surface area contributed by atoms with E-state index >= 15 is 0 Å². The Morgan fingerprint density at radius 2 is 2.04 bits per heavy atom. The fourth-order valence-corrected chi connectivity index (χ4v) is 4.59. The molecule has 120 valence electrons. The van der Waals surface area contributed by atoms with E-state index in [1.54, 1.807) is 29.7 Å². The molecule has 3 aromatic heterocycles. The number of benzene rings is 1. The monoisotopic (exact) mass is 353 g/mol. The minimum absolute atomic E-state index is 0.172. The average Bonchev–Trinajstić information content (AvgIpc) is 3.02. The lowest BCUT2D eigenvalue weighted by Gasteiger charge is -2.27. The highest BCUT2D eigenvalue weighted by Crippen LogP contribution is 2.33. The van der Waals surface area contributed by atoms with Gasteiger partial charge in [0.2, 0.25) is 0 Å². The summed E-state index contributed by atoms with van der Waals surface area (Å²) in [5.74, 6) is 0. The molecular formula is C18H15N3OS2. The van der Waals surface area contributed by atoms with Gasteiger partial charge in [0, 0.05) is 22.6 Å². The Hall–Kier alpha value is -2.31. The molecule has 0 saturated carbocycles. The summed E-state index contributed by atoms with van der Waals surface area (Å²) < 4.78 is 1.25. The van der Waals surface area contributed by atoms with Crippen LogP contribution in [0.3, 0.4) is 0 Å². The van der Waals surface area contributed by atoms with Crippen molar-refractivity contribution in [2.24, 2.45) is 0 Å². The van der Waals surface area contributed by atoms with E-state index in [4.69, 9.17) is 0 Å². The molecule has 4 aromatic rings. The molecule has 0 saturated heterocycles. The fourth-order valence-electron chi connectivity index (χ4n) is 2.73. The lowest BCUT2D eigenvalue weighted by molar-refractivity contribution is 0.784. The second-order valence-corrected chi connectivity index (χ2v) is 7.67. The van der Waals surface area contributed by atoms with Gasteiger partial charge in [-0.05, 0) is 61.0 Å². The molecule has 24 heavy (non-hydrogen) atoms. The molecule has 0 radical (unpaired) electrons. The van der Waals surface area contributed by atoms with E-state index in [2.05, 4.69) is 58.4 Å². The first-order valence-corrected chi connectivity index (χ1v) is 9.35. The number of rotatable bonds is 3. The van der Waals surface area contributed by atoms with E-state index in [0.29, 0.717) is 10.5 Å². The zero-order valence-corrected chi connectivity index (χ0v) is 14.9. The molecule has 6 heteroatoms. The number of fused-ring (bicyclic) bond motifs is 2. The lowest BCUT2D eigenvalue weighted by atomic mass is 10.2. The van der Waals surface area contributed by atoms with Crippen molar-refractivity contribution >= 4 is 53.8 Å². The van der Waals surface area contributed by atoms with Gasteiger partial charge >= 0.3 is 0 Å². The van der Waals surface area contributed by atoms with Crippen LogP contribution in [0.2, 0.25) is 0 Å². The number of nitrogens with zero attached hydrogens (tertiary/aromatic N) is 3. The van der Waals surface area contributed by atoms with E-state index in [-0.39, 0.29) is 11.6 Å². The first-order valence-electron chi connectivity index (χ1n) is 7.66. The van der Waals surface area contributed by atoms with Crippen LogP contribution in [-0.4, -0.2) is 16.0 Å². The molecule has 1 aromatic carbocycles. The number of anilines is 2. The smallest absolute Gasteiger partial charge is 0.282 e. The molecule has 0 aliphatic heterocycles. The Morgan fingerprint density at radius 3 is 2.88 bits per heavy atom. The minimum Gasteiger partial charge on any atom is -0.315 e. The molecule has 0 aliphatic rings. The Labute approximate surface area is 147 Å². The van der Waals surface area contributed by atoms with Crippen molar-refractivity contribution in [3.8, 4) is 0 Å². The molecule has 3 heterocycles. The second kappa shape index (κ2) is 5.96. The molecule has 4 nitrogen and oxygen atoms in total. The molecule has 0 bridgehead atoms. The zero-order valence-electron chi connectivity index (χ0n) is 13.3. The third kappa shape index (κ3) is 2.57. The lowest BCUT2D eigenvalue weighted by Crippen LogP contribution is -2.27.